The first-order valence-corrected chi connectivity index (χ1v) is 6.99. The van der Waals surface area contributed by atoms with Gasteiger partial charge in [-0.25, -0.2) is 14.4 Å². The van der Waals surface area contributed by atoms with Gasteiger partial charge in [-0.05, 0) is 37.3 Å². The summed E-state index contributed by atoms with van der Waals surface area (Å²) in [5.41, 5.74) is 2.86. The molecule has 3 rings (SSSR count). The number of hydrogen-bond acceptors (Lipinski definition) is 4. The monoisotopic (exact) mass is 317 g/mol. The average molecular weight is 318 g/mol. The van der Waals surface area contributed by atoms with Gasteiger partial charge in [0.1, 0.15) is 11.6 Å². The third-order valence-corrected chi connectivity index (χ3v) is 3.52. The van der Waals surface area contributed by atoms with Crippen molar-refractivity contribution in [2.75, 3.05) is 12.4 Å². The minimum Gasteiger partial charge on any atom is -0.497 e. The van der Waals surface area contributed by atoms with E-state index >= 15 is 0 Å². The smallest absolute Gasteiger partial charge is 0.152 e. The lowest BCUT2D eigenvalue weighted by Gasteiger charge is -2.10. The number of nitrogens with one attached hydrogen (secondary N) is 1. The Morgan fingerprint density at radius 2 is 1.91 bits per heavy atom. The van der Waals surface area contributed by atoms with Crippen molar-refractivity contribution in [2.24, 2.45) is 0 Å². The molecule has 2 aromatic carbocycles. The van der Waals surface area contributed by atoms with Gasteiger partial charge in [-0.1, -0.05) is 11.6 Å². The summed E-state index contributed by atoms with van der Waals surface area (Å²) >= 11 is 5.78. The van der Waals surface area contributed by atoms with Gasteiger partial charge in [0.2, 0.25) is 0 Å². The molecule has 0 amide bonds. The minimum atomic E-state index is -0.458. The van der Waals surface area contributed by atoms with E-state index in [0.717, 1.165) is 22.5 Å². The molecular weight excluding hydrogens is 305 g/mol. The zero-order chi connectivity index (χ0) is 15.7. The Bertz CT molecular complexity index is 854. The molecule has 0 saturated carbocycles. The summed E-state index contributed by atoms with van der Waals surface area (Å²) in [5, 5.41) is 3.16. The first-order valence-electron chi connectivity index (χ1n) is 6.61. The number of hydrogen-bond donors (Lipinski definition) is 1. The van der Waals surface area contributed by atoms with Crippen LogP contribution in [0, 0.1) is 12.7 Å². The number of aryl methyl sites for hydroxylation is 1. The molecule has 112 valence electrons. The first-order chi connectivity index (χ1) is 10.6. The molecule has 6 heteroatoms. The van der Waals surface area contributed by atoms with E-state index in [9.17, 15) is 4.39 Å². The van der Waals surface area contributed by atoms with E-state index < -0.39 is 5.82 Å². The maximum absolute atomic E-state index is 13.2. The topological polar surface area (TPSA) is 47.0 Å². The van der Waals surface area contributed by atoms with Crippen LogP contribution < -0.4 is 10.1 Å². The molecule has 3 aromatic rings. The largest absolute Gasteiger partial charge is 0.497 e. The number of methoxy groups -OCH3 is 1. The summed E-state index contributed by atoms with van der Waals surface area (Å²) in [4.78, 5) is 9.04. The standard InChI is InChI=1S/C16H13ClFN3O/c1-9-16(20-10-3-5-13(18)12(17)7-10)21-14-6-4-11(22-2)8-15(14)19-9/h3-8H,1-2H3,(H,20,21). The second kappa shape index (κ2) is 5.77. The predicted molar refractivity (Wildman–Crippen MR) is 85.5 cm³/mol. The van der Waals surface area contributed by atoms with Crippen molar-refractivity contribution in [3.05, 3.63) is 52.9 Å². The fourth-order valence-electron chi connectivity index (χ4n) is 2.08. The molecule has 1 heterocycles. The quantitative estimate of drug-likeness (QED) is 0.773. The molecule has 0 fully saturated rings. The van der Waals surface area contributed by atoms with E-state index in [2.05, 4.69) is 15.3 Å². The summed E-state index contributed by atoms with van der Waals surface area (Å²) in [6, 6.07) is 9.90. The summed E-state index contributed by atoms with van der Waals surface area (Å²) in [5.74, 6) is 0.869. The van der Waals surface area contributed by atoms with Crippen LogP contribution in [-0.2, 0) is 0 Å². The van der Waals surface area contributed by atoms with Crippen molar-refractivity contribution >= 4 is 34.1 Å². The van der Waals surface area contributed by atoms with Crippen LogP contribution in [0.3, 0.4) is 0 Å². The van der Waals surface area contributed by atoms with Gasteiger partial charge in [-0.3, -0.25) is 0 Å². The Balaban J connectivity index is 1.99. The highest BCUT2D eigenvalue weighted by atomic mass is 35.5. The van der Waals surface area contributed by atoms with E-state index in [1.807, 2.05) is 25.1 Å². The van der Waals surface area contributed by atoms with Crippen molar-refractivity contribution in [2.45, 2.75) is 6.92 Å². The van der Waals surface area contributed by atoms with Crippen LogP contribution in [0.1, 0.15) is 5.69 Å². The number of ether oxygens (including phenoxy) is 1. The molecule has 1 aromatic heterocycles. The van der Waals surface area contributed by atoms with E-state index in [1.165, 1.54) is 12.1 Å². The first kappa shape index (κ1) is 14.5. The van der Waals surface area contributed by atoms with Crippen LogP contribution in [0.25, 0.3) is 11.0 Å². The fraction of sp³-hybridized carbons (Fsp3) is 0.125. The lowest BCUT2D eigenvalue weighted by Crippen LogP contribution is -2.00. The number of rotatable bonds is 3. The summed E-state index contributed by atoms with van der Waals surface area (Å²) in [6.45, 7) is 1.85. The molecule has 0 aliphatic rings. The predicted octanol–water partition coefficient (Wildman–Crippen LogP) is 4.48. The Hall–Kier alpha value is -2.40. The normalized spacial score (nSPS) is 10.7. The van der Waals surface area contributed by atoms with E-state index in [-0.39, 0.29) is 5.02 Å². The number of halogens is 2. The Kier molecular flexibility index (Phi) is 3.81. The zero-order valence-corrected chi connectivity index (χ0v) is 12.8. The molecule has 0 atom stereocenters. The maximum atomic E-state index is 13.2. The van der Waals surface area contributed by atoms with Gasteiger partial charge in [0.25, 0.3) is 0 Å². The highest BCUT2D eigenvalue weighted by Crippen LogP contribution is 2.25. The van der Waals surface area contributed by atoms with Crippen LogP contribution >= 0.6 is 11.6 Å². The SMILES string of the molecule is COc1ccc2nc(Nc3ccc(F)c(Cl)c3)c(C)nc2c1. The molecule has 0 bridgehead atoms. The van der Waals surface area contributed by atoms with Crippen molar-refractivity contribution in [3.63, 3.8) is 0 Å². The van der Waals surface area contributed by atoms with Crippen molar-refractivity contribution in [1.29, 1.82) is 0 Å². The molecule has 0 radical (unpaired) electrons. The Morgan fingerprint density at radius 1 is 1.09 bits per heavy atom. The number of aromatic nitrogens is 2. The second-order valence-electron chi connectivity index (χ2n) is 4.77. The molecule has 0 aliphatic carbocycles. The lowest BCUT2D eigenvalue weighted by molar-refractivity contribution is 0.415. The number of nitrogens with zero attached hydrogens (tertiary/aromatic N) is 2. The average Bonchev–Trinajstić information content (AvgIpc) is 2.51. The van der Waals surface area contributed by atoms with Crippen LogP contribution in [0.5, 0.6) is 5.75 Å². The van der Waals surface area contributed by atoms with Crippen LogP contribution in [0.4, 0.5) is 15.9 Å². The van der Waals surface area contributed by atoms with Gasteiger partial charge in [0.15, 0.2) is 5.82 Å². The van der Waals surface area contributed by atoms with Gasteiger partial charge >= 0.3 is 0 Å². The van der Waals surface area contributed by atoms with Crippen molar-refractivity contribution in [3.8, 4) is 5.75 Å². The summed E-state index contributed by atoms with van der Waals surface area (Å²) < 4.78 is 18.4. The minimum absolute atomic E-state index is 0.0566. The Labute approximate surface area is 131 Å². The highest BCUT2D eigenvalue weighted by Gasteiger charge is 2.08. The molecule has 22 heavy (non-hydrogen) atoms. The molecule has 1 N–H and O–H groups in total. The van der Waals surface area contributed by atoms with E-state index in [4.69, 9.17) is 16.3 Å². The van der Waals surface area contributed by atoms with Crippen molar-refractivity contribution < 1.29 is 9.13 Å². The third kappa shape index (κ3) is 2.80. The summed E-state index contributed by atoms with van der Waals surface area (Å²) in [6.07, 6.45) is 0. The Morgan fingerprint density at radius 3 is 2.64 bits per heavy atom. The van der Waals surface area contributed by atoms with Gasteiger partial charge in [0, 0.05) is 11.8 Å². The zero-order valence-electron chi connectivity index (χ0n) is 12.0. The second-order valence-corrected chi connectivity index (χ2v) is 5.17. The molecular formula is C16H13ClFN3O. The number of benzene rings is 2. The van der Waals surface area contributed by atoms with Gasteiger partial charge < -0.3 is 10.1 Å². The summed E-state index contributed by atoms with van der Waals surface area (Å²) in [7, 11) is 1.61. The van der Waals surface area contributed by atoms with Gasteiger partial charge in [0.05, 0.1) is 28.9 Å². The maximum Gasteiger partial charge on any atom is 0.152 e. The van der Waals surface area contributed by atoms with Crippen LogP contribution in [0.2, 0.25) is 5.02 Å². The van der Waals surface area contributed by atoms with Crippen LogP contribution in [0.15, 0.2) is 36.4 Å². The number of anilines is 2. The number of fused-ring (bicyclic) bond motifs is 1. The van der Waals surface area contributed by atoms with Crippen LogP contribution in [-0.4, -0.2) is 17.1 Å². The fourth-order valence-corrected chi connectivity index (χ4v) is 2.26. The van der Waals surface area contributed by atoms with Crippen molar-refractivity contribution in [1.82, 2.24) is 9.97 Å². The molecule has 0 aliphatic heterocycles. The van der Waals surface area contributed by atoms with E-state index in [0.29, 0.717) is 11.5 Å². The van der Waals surface area contributed by atoms with Gasteiger partial charge in [-0.15, -0.1) is 0 Å². The van der Waals surface area contributed by atoms with Gasteiger partial charge in [-0.2, -0.15) is 0 Å². The highest BCUT2D eigenvalue weighted by molar-refractivity contribution is 6.31. The third-order valence-electron chi connectivity index (χ3n) is 3.23. The molecule has 0 spiro atoms. The molecule has 0 saturated heterocycles. The lowest BCUT2D eigenvalue weighted by atomic mass is 10.2. The van der Waals surface area contributed by atoms with E-state index in [1.54, 1.807) is 13.2 Å². The molecule has 0 unspecified atom stereocenters. The molecule has 4 nitrogen and oxygen atoms in total.